The van der Waals surface area contributed by atoms with Crippen LogP contribution in [0, 0.1) is 0 Å². The fraction of sp³-hybridized carbons (Fsp3) is 0.333. The van der Waals surface area contributed by atoms with Crippen molar-refractivity contribution in [2.75, 3.05) is 13.7 Å². The molecule has 0 spiro atoms. The molecular formula is C12H16N4O2. The molecule has 0 unspecified atom stereocenters. The van der Waals surface area contributed by atoms with Crippen molar-refractivity contribution in [3.05, 3.63) is 30.1 Å². The highest BCUT2D eigenvalue weighted by molar-refractivity contribution is 5.77. The van der Waals surface area contributed by atoms with E-state index in [0.717, 1.165) is 16.6 Å². The van der Waals surface area contributed by atoms with Crippen molar-refractivity contribution >= 4 is 16.9 Å². The molecule has 2 rings (SSSR count). The molecule has 0 fully saturated rings. The molecule has 0 radical (unpaired) electrons. The zero-order valence-electron chi connectivity index (χ0n) is 10.4. The zero-order valence-corrected chi connectivity index (χ0v) is 10.4. The van der Waals surface area contributed by atoms with Gasteiger partial charge in [0.1, 0.15) is 6.61 Å². The fourth-order valence-electron chi connectivity index (χ4n) is 1.71. The van der Waals surface area contributed by atoms with Gasteiger partial charge in [0, 0.05) is 14.1 Å². The SMILES string of the molecule is CNNC(=O)COCc1ccc2c(c1)ncn2C. The normalized spacial score (nSPS) is 10.8. The van der Waals surface area contributed by atoms with Gasteiger partial charge in [-0.05, 0) is 17.7 Å². The summed E-state index contributed by atoms with van der Waals surface area (Å²) in [4.78, 5) is 15.4. The molecule has 0 aliphatic heterocycles. The summed E-state index contributed by atoms with van der Waals surface area (Å²) in [6.45, 7) is 0.421. The van der Waals surface area contributed by atoms with E-state index >= 15 is 0 Å². The van der Waals surface area contributed by atoms with Crippen molar-refractivity contribution in [3.8, 4) is 0 Å². The van der Waals surface area contributed by atoms with E-state index in [0.29, 0.717) is 6.61 Å². The topological polar surface area (TPSA) is 68.2 Å². The summed E-state index contributed by atoms with van der Waals surface area (Å²) in [5, 5.41) is 0. The van der Waals surface area contributed by atoms with Crippen molar-refractivity contribution in [2.45, 2.75) is 6.61 Å². The third-order valence-electron chi connectivity index (χ3n) is 2.56. The number of hydrogen-bond acceptors (Lipinski definition) is 4. The number of carbonyl (C=O) groups excluding carboxylic acids is 1. The molecule has 2 aromatic rings. The third kappa shape index (κ3) is 2.85. The summed E-state index contributed by atoms with van der Waals surface area (Å²) in [5.41, 5.74) is 7.99. The third-order valence-corrected chi connectivity index (χ3v) is 2.56. The minimum absolute atomic E-state index is 0.0289. The van der Waals surface area contributed by atoms with Gasteiger partial charge in [-0.25, -0.2) is 10.4 Å². The molecule has 0 atom stereocenters. The summed E-state index contributed by atoms with van der Waals surface area (Å²) < 4.78 is 7.26. The van der Waals surface area contributed by atoms with E-state index in [1.165, 1.54) is 0 Å². The average molecular weight is 248 g/mol. The van der Waals surface area contributed by atoms with Crippen LogP contribution in [0.5, 0.6) is 0 Å². The van der Waals surface area contributed by atoms with Crippen LogP contribution in [0.15, 0.2) is 24.5 Å². The van der Waals surface area contributed by atoms with Crippen LogP contribution in [0.3, 0.4) is 0 Å². The Hall–Kier alpha value is -1.92. The van der Waals surface area contributed by atoms with E-state index in [1.54, 1.807) is 13.4 Å². The molecule has 18 heavy (non-hydrogen) atoms. The summed E-state index contributed by atoms with van der Waals surface area (Å²) in [7, 11) is 3.58. The second-order valence-corrected chi connectivity index (χ2v) is 3.97. The number of imidazole rings is 1. The van der Waals surface area contributed by atoms with Crippen LogP contribution in [0.1, 0.15) is 5.56 Å². The first-order chi connectivity index (χ1) is 8.70. The number of aromatic nitrogens is 2. The maximum atomic E-state index is 11.1. The van der Waals surface area contributed by atoms with Crippen LogP contribution in [-0.2, 0) is 23.2 Å². The molecule has 6 heteroatoms. The highest BCUT2D eigenvalue weighted by Crippen LogP contribution is 2.14. The molecule has 0 saturated carbocycles. The minimum Gasteiger partial charge on any atom is -0.367 e. The number of ether oxygens (including phenoxy) is 1. The quantitative estimate of drug-likeness (QED) is 0.749. The van der Waals surface area contributed by atoms with Gasteiger partial charge in [0.15, 0.2) is 0 Å². The predicted octanol–water partition coefficient (Wildman–Crippen LogP) is 0.340. The second kappa shape index (κ2) is 5.61. The Morgan fingerprint density at radius 1 is 1.50 bits per heavy atom. The number of nitrogens with zero attached hydrogens (tertiary/aromatic N) is 2. The Labute approximate surface area is 105 Å². The van der Waals surface area contributed by atoms with Crippen molar-refractivity contribution in [3.63, 3.8) is 0 Å². The van der Waals surface area contributed by atoms with E-state index in [9.17, 15) is 4.79 Å². The molecule has 0 bridgehead atoms. The Balaban J connectivity index is 1.94. The molecule has 0 aliphatic carbocycles. The van der Waals surface area contributed by atoms with Gasteiger partial charge in [-0.1, -0.05) is 6.07 Å². The van der Waals surface area contributed by atoms with Crippen molar-refractivity contribution in [1.82, 2.24) is 20.4 Å². The van der Waals surface area contributed by atoms with Crippen LogP contribution in [0.2, 0.25) is 0 Å². The number of rotatable bonds is 5. The Kier molecular flexibility index (Phi) is 3.91. The van der Waals surface area contributed by atoms with Crippen LogP contribution in [-0.4, -0.2) is 29.1 Å². The lowest BCUT2D eigenvalue weighted by molar-refractivity contribution is -0.126. The van der Waals surface area contributed by atoms with Gasteiger partial charge in [0.2, 0.25) is 0 Å². The molecule has 1 heterocycles. The molecule has 6 nitrogen and oxygen atoms in total. The molecular weight excluding hydrogens is 232 g/mol. The van der Waals surface area contributed by atoms with Crippen molar-refractivity contribution < 1.29 is 9.53 Å². The first kappa shape index (κ1) is 12.5. The fourth-order valence-corrected chi connectivity index (χ4v) is 1.71. The van der Waals surface area contributed by atoms with E-state index in [-0.39, 0.29) is 12.5 Å². The standard InChI is InChI=1S/C12H16N4O2/c1-13-15-12(17)7-18-6-9-3-4-11-10(5-9)14-8-16(11)2/h3-5,8,13H,6-7H2,1-2H3,(H,15,17). The van der Waals surface area contributed by atoms with E-state index in [4.69, 9.17) is 4.74 Å². The number of fused-ring (bicyclic) bond motifs is 1. The molecule has 1 aromatic heterocycles. The maximum absolute atomic E-state index is 11.1. The summed E-state index contributed by atoms with van der Waals surface area (Å²) in [5.74, 6) is -0.198. The Bertz CT molecular complexity index is 550. The predicted molar refractivity (Wildman–Crippen MR) is 67.6 cm³/mol. The number of nitrogens with one attached hydrogen (secondary N) is 2. The second-order valence-electron chi connectivity index (χ2n) is 3.97. The molecule has 1 aromatic carbocycles. The van der Waals surface area contributed by atoms with Gasteiger partial charge in [0.25, 0.3) is 5.91 Å². The summed E-state index contributed by atoms with van der Waals surface area (Å²) in [6, 6.07) is 5.93. The van der Waals surface area contributed by atoms with Gasteiger partial charge in [0.05, 0.1) is 24.0 Å². The Morgan fingerprint density at radius 2 is 2.33 bits per heavy atom. The lowest BCUT2D eigenvalue weighted by Gasteiger charge is -2.05. The molecule has 1 amide bonds. The molecule has 96 valence electrons. The number of amides is 1. The number of hydrazine groups is 1. The van der Waals surface area contributed by atoms with E-state index in [1.807, 2.05) is 29.8 Å². The maximum Gasteiger partial charge on any atom is 0.260 e. The smallest absolute Gasteiger partial charge is 0.260 e. The number of benzene rings is 1. The average Bonchev–Trinajstić information content (AvgIpc) is 2.71. The van der Waals surface area contributed by atoms with Gasteiger partial charge in [-0.15, -0.1) is 0 Å². The van der Waals surface area contributed by atoms with Crippen LogP contribution >= 0.6 is 0 Å². The highest BCUT2D eigenvalue weighted by atomic mass is 16.5. The largest absolute Gasteiger partial charge is 0.367 e. The lowest BCUT2D eigenvalue weighted by atomic mass is 10.2. The van der Waals surface area contributed by atoms with Gasteiger partial charge >= 0.3 is 0 Å². The minimum atomic E-state index is -0.198. The van der Waals surface area contributed by atoms with Crippen LogP contribution in [0.4, 0.5) is 0 Å². The van der Waals surface area contributed by atoms with E-state index in [2.05, 4.69) is 15.8 Å². The van der Waals surface area contributed by atoms with Crippen molar-refractivity contribution in [2.24, 2.45) is 7.05 Å². The number of carbonyl (C=O) groups is 1. The Morgan fingerprint density at radius 3 is 3.11 bits per heavy atom. The van der Waals surface area contributed by atoms with Crippen molar-refractivity contribution in [1.29, 1.82) is 0 Å². The molecule has 0 aliphatic rings. The molecule has 0 saturated heterocycles. The monoisotopic (exact) mass is 248 g/mol. The first-order valence-corrected chi connectivity index (χ1v) is 5.64. The number of hydrogen-bond donors (Lipinski definition) is 2. The van der Waals surface area contributed by atoms with Gasteiger partial charge < -0.3 is 9.30 Å². The van der Waals surface area contributed by atoms with Gasteiger partial charge in [-0.3, -0.25) is 10.2 Å². The first-order valence-electron chi connectivity index (χ1n) is 5.64. The summed E-state index contributed by atoms with van der Waals surface area (Å²) in [6.07, 6.45) is 1.77. The van der Waals surface area contributed by atoms with Gasteiger partial charge in [-0.2, -0.15) is 0 Å². The van der Waals surface area contributed by atoms with Crippen LogP contribution in [0.25, 0.3) is 11.0 Å². The molecule has 2 N–H and O–H groups in total. The zero-order chi connectivity index (χ0) is 13.0. The lowest BCUT2D eigenvalue weighted by Crippen LogP contribution is -2.36. The number of aryl methyl sites for hydroxylation is 1. The summed E-state index contributed by atoms with van der Waals surface area (Å²) >= 11 is 0. The van der Waals surface area contributed by atoms with E-state index < -0.39 is 0 Å². The highest BCUT2D eigenvalue weighted by Gasteiger charge is 2.03. The van der Waals surface area contributed by atoms with Crippen LogP contribution < -0.4 is 10.9 Å².